The molecule has 0 bridgehead atoms. The molecule has 0 radical (unpaired) electrons. The number of aliphatic carboxylic acids is 1. The van der Waals surface area contributed by atoms with E-state index in [4.69, 9.17) is 15.6 Å². The number of aromatic hydroxyl groups is 1. The van der Waals surface area contributed by atoms with Crippen LogP contribution in [0.3, 0.4) is 0 Å². The maximum Gasteiger partial charge on any atom is 0.300 e. The van der Waals surface area contributed by atoms with Crippen molar-refractivity contribution in [3.8, 4) is 5.75 Å². The largest absolute Gasteiger partial charge is 0.508 e. The van der Waals surface area contributed by atoms with E-state index in [0.717, 1.165) is 24.1 Å². The molecule has 0 aliphatic carbocycles. The fourth-order valence-electron chi connectivity index (χ4n) is 1.78. The summed E-state index contributed by atoms with van der Waals surface area (Å²) in [6, 6.07) is 11.8. The minimum absolute atomic E-state index is 0. The number of halogens is 1. The Kier molecular flexibility index (Phi) is 7.87. The highest BCUT2D eigenvalue weighted by atomic mass is 79.9. The van der Waals surface area contributed by atoms with E-state index in [9.17, 15) is 5.11 Å². The number of carboxylic acids is 1. The molecule has 0 heterocycles. The Labute approximate surface area is 129 Å². The number of hydrogen-bond acceptors (Lipinski definition) is 3. The average Bonchev–Trinajstić information content (AvgIpc) is 2.28. The van der Waals surface area contributed by atoms with Crippen LogP contribution >= 0.6 is 17.0 Å². The van der Waals surface area contributed by atoms with Crippen LogP contribution in [-0.2, 0) is 11.2 Å². The predicted octanol–water partition coefficient (Wildman–Crippen LogP) is 3.10. The van der Waals surface area contributed by atoms with Gasteiger partial charge in [0.2, 0.25) is 0 Å². The first kappa shape index (κ1) is 18.4. The van der Waals surface area contributed by atoms with Crippen molar-refractivity contribution in [2.75, 3.05) is 0 Å². The smallest absolute Gasteiger partial charge is 0.300 e. The topological polar surface area (TPSA) is 83.5 Å². The third-order valence-electron chi connectivity index (χ3n) is 2.45. The van der Waals surface area contributed by atoms with Gasteiger partial charge in [-0.25, -0.2) is 0 Å². The normalized spacial score (nSPS) is 10.9. The Morgan fingerprint density at radius 1 is 1.20 bits per heavy atom. The minimum atomic E-state index is -0.833. The maximum atomic E-state index is 9.32. The molecule has 5 heteroatoms. The molecule has 1 unspecified atom stereocenters. The molecule has 1 atom stereocenters. The van der Waals surface area contributed by atoms with E-state index in [-0.39, 0.29) is 23.0 Å². The summed E-state index contributed by atoms with van der Waals surface area (Å²) in [5.41, 5.74) is 6.99. The zero-order valence-corrected chi connectivity index (χ0v) is 13.2. The standard InChI is InChI=1S/C13H15NO.C2H4O2.BrH/c1-9(14)6-10-2-3-12-8-13(15)5-4-11(12)7-10;1-2(3)4;/h2-5,7-9,15H,6,14H2,1H3;1H3,(H,3,4);1H. The van der Waals surface area contributed by atoms with Crippen molar-refractivity contribution in [2.45, 2.75) is 26.3 Å². The van der Waals surface area contributed by atoms with Gasteiger partial charge in [-0.2, -0.15) is 0 Å². The molecule has 0 aliphatic rings. The van der Waals surface area contributed by atoms with Gasteiger partial charge in [0.1, 0.15) is 5.75 Å². The fourth-order valence-corrected chi connectivity index (χ4v) is 1.78. The molecule has 0 saturated heterocycles. The lowest BCUT2D eigenvalue weighted by atomic mass is 10.0. The molecular formula is C15H20BrNO3. The molecular weight excluding hydrogens is 322 g/mol. The van der Waals surface area contributed by atoms with Gasteiger partial charge in [-0.05, 0) is 41.8 Å². The molecule has 4 nitrogen and oxygen atoms in total. The summed E-state index contributed by atoms with van der Waals surface area (Å²) in [6.45, 7) is 3.08. The Hall–Kier alpha value is -1.59. The molecule has 4 N–H and O–H groups in total. The molecule has 0 spiro atoms. The third kappa shape index (κ3) is 6.54. The minimum Gasteiger partial charge on any atom is -0.508 e. The van der Waals surface area contributed by atoms with Gasteiger partial charge >= 0.3 is 0 Å². The first-order valence-electron chi connectivity index (χ1n) is 6.05. The number of carboxylic acid groups (broad SMARTS) is 1. The lowest BCUT2D eigenvalue weighted by Crippen LogP contribution is -2.17. The second-order valence-electron chi connectivity index (χ2n) is 4.57. The van der Waals surface area contributed by atoms with Crippen LogP contribution < -0.4 is 5.73 Å². The van der Waals surface area contributed by atoms with Gasteiger partial charge in [0.05, 0.1) is 0 Å². The summed E-state index contributed by atoms with van der Waals surface area (Å²) in [6.07, 6.45) is 0.886. The van der Waals surface area contributed by atoms with Crippen LogP contribution in [-0.4, -0.2) is 22.2 Å². The number of carbonyl (C=O) groups is 1. The maximum absolute atomic E-state index is 9.32. The van der Waals surface area contributed by atoms with Crippen LogP contribution in [0.25, 0.3) is 10.8 Å². The lowest BCUT2D eigenvalue weighted by Gasteiger charge is -2.06. The molecule has 0 saturated carbocycles. The van der Waals surface area contributed by atoms with Crippen molar-refractivity contribution in [1.29, 1.82) is 0 Å². The fraction of sp³-hybridized carbons (Fsp3) is 0.267. The second kappa shape index (κ2) is 8.55. The Bertz CT molecular complexity index is 566. The van der Waals surface area contributed by atoms with E-state index >= 15 is 0 Å². The van der Waals surface area contributed by atoms with Crippen LogP contribution in [0.15, 0.2) is 36.4 Å². The summed E-state index contributed by atoms with van der Waals surface area (Å²) in [7, 11) is 0. The zero-order chi connectivity index (χ0) is 14.4. The molecule has 0 aromatic heterocycles. The highest BCUT2D eigenvalue weighted by Crippen LogP contribution is 2.21. The van der Waals surface area contributed by atoms with Gasteiger partial charge in [-0.3, -0.25) is 4.79 Å². The number of phenols is 1. The SMILES string of the molecule is Br.CC(=O)O.CC(N)Cc1ccc2cc(O)ccc2c1. The van der Waals surface area contributed by atoms with Gasteiger partial charge in [0.15, 0.2) is 0 Å². The second-order valence-corrected chi connectivity index (χ2v) is 4.57. The predicted molar refractivity (Wildman–Crippen MR) is 86.6 cm³/mol. The molecule has 20 heavy (non-hydrogen) atoms. The summed E-state index contributed by atoms with van der Waals surface area (Å²) >= 11 is 0. The summed E-state index contributed by atoms with van der Waals surface area (Å²) in [5, 5.41) is 18.9. The molecule has 0 amide bonds. The Morgan fingerprint density at radius 3 is 2.25 bits per heavy atom. The first-order chi connectivity index (χ1) is 8.88. The van der Waals surface area contributed by atoms with Crippen LogP contribution in [0.1, 0.15) is 19.4 Å². The van der Waals surface area contributed by atoms with Crippen LogP contribution in [0, 0.1) is 0 Å². The summed E-state index contributed by atoms with van der Waals surface area (Å²) < 4.78 is 0. The quantitative estimate of drug-likeness (QED) is 0.783. The summed E-state index contributed by atoms with van der Waals surface area (Å²) in [5.74, 6) is -0.526. The van der Waals surface area contributed by atoms with E-state index in [1.54, 1.807) is 12.1 Å². The van der Waals surface area contributed by atoms with Crippen LogP contribution in [0.5, 0.6) is 5.75 Å². The number of hydrogen-bond donors (Lipinski definition) is 3. The van der Waals surface area contributed by atoms with E-state index in [1.165, 1.54) is 5.56 Å². The molecule has 0 fully saturated rings. The Balaban J connectivity index is 0.000000644. The van der Waals surface area contributed by atoms with E-state index in [0.29, 0.717) is 5.75 Å². The number of phenolic OH excluding ortho intramolecular Hbond substituents is 1. The van der Waals surface area contributed by atoms with Gasteiger partial charge in [0, 0.05) is 13.0 Å². The van der Waals surface area contributed by atoms with Gasteiger partial charge in [0.25, 0.3) is 5.97 Å². The molecule has 0 aliphatic heterocycles. The summed E-state index contributed by atoms with van der Waals surface area (Å²) in [4.78, 5) is 9.00. The number of nitrogens with two attached hydrogens (primary N) is 1. The lowest BCUT2D eigenvalue weighted by molar-refractivity contribution is -0.134. The van der Waals surface area contributed by atoms with Gasteiger partial charge in [-0.15, -0.1) is 17.0 Å². The molecule has 2 aromatic carbocycles. The number of rotatable bonds is 2. The van der Waals surface area contributed by atoms with Crippen molar-refractivity contribution < 1.29 is 15.0 Å². The van der Waals surface area contributed by atoms with Crippen molar-refractivity contribution in [2.24, 2.45) is 5.73 Å². The number of benzene rings is 2. The van der Waals surface area contributed by atoms with Crippen molar-refractivity contribution in [3.63, 3.8) is 0 Å². The Morgan fingerprint density at radius 2 is 1.70 bits per heavy atom. The number of fused-ring (bicyclic) bond motifs is 1. The first-order valence-corrected chi connectivity index (χ1v) is 6.05. The highest BCUT2D eigenvalue weighted by Gasteiger charge is 2.00. The van der Waals surface area contributed by atoms with Gasteiger partial charge < -0.3 is 15.9 Å². The highest BCUT2D eigenvalue weighted by molar-refractivity contribution is 8.93. The third-order valence-corrected chi connectivity index (χ3v) is 2.45. The van der Waals surface area contributed by atoms with Crippen molar-refractivity contribution >= 4 is 33.7 Å². The molecule has 2 rings (SSSR count). The van der Waals surface area contributed by atoms with Crippen LogP contribution in [0.4, 0.5) is 0 Å². The van der Waals surface area contributed by atoms with Gasteiger partial charge in [-0.1, -0.05) is 24.3 Å². The van der Waals surface area contributed by atoms with Crippen molar-refractivity contribution in [3.05, 3.63) is 42.0 Å². The molecule has 110 valence electrons. The average molecular weight is 342 g/mol. The monoisotopic (exact) mass is 341 g/mol. The molecule has 2 aromatic rings. The van der Waals surface area contributed by atoms with E-state index in [1.807, 2.05) is 19.1 Å². The van der Waals surface area contributed by atoms with Crippen LogP contribution in [0.2, 0.25) is 0 Å². The zero-order valence-electron chi connectivity index (χ0n) is 11.5. The van der Waals surface area contributed by atoms with E-state index < -0.39 is 5.97 Å². The van der Waals surface area contributed by atoms with E-state index in [2.05, 4.69) is 12.1 Å². The van der Waals surface area contributed by atoms with Crippen molar-refractivity contribution in [1.82, 2.24) is 0 Å².